The largest absolute Gasteiger partial charge is 0.397 e. The van der Waals surface area contributed by atoms with E-state index in [4.69, 9.17) is 24.7 Å². The van der Waals surface area contributed by atoms with Crippen LogP contribution in [0, 0.1) is 0 Å². The first-order valence-corrected chi connectivity index (χ1v) is 20.5. The molecule has 3 atom stereocenters. The minimum atomic E-state index is -0.558. The van der Waals surface area contributed by atoms with Crippen LogP contribution in [0.5, 0.6) is 0 Å². The van der Waals surface area contributed by atoms with Crippen molar-refractivity contribution in [1.82, 2.24) is 10.2 Å². The highest BCUT2D eigenvalue weighted by Gasteiger charge is 2.41. The van der Waals surface area contributed by atoms with E-state index in [1.807, 2.05) is 54.6 Å². The van der Waals surface area contributed by atoms with Crippen LogP contribution in [0.25, 0.3) is 11.1 Å². The van der Waals surface area contributed by atoms with E-state index in [-0.39, 0.29) is 30.6 Å². The molecule has 1 spiro atoms. The monoisotopic (exact) mass is 776 g/mol. The highest BCUT2D eigenvalue weighted by molar-refractivity contribution is 5.93. The van der Waals surface area contributed by atoms with Crippen molar-refractivity contribution in [2.45, 2.75) is 95.2 Å². The number of amides is 2. The number of aliphatic hydroxyl groups is 1. The normalized spacial score (nSPS) is 20.7. The molecule has 302 valence electrons. The Morgan fingerprint density at radius 2 is 1.46 bits per heavy atom. The van der Waals surface area contributed by atoms with Gasteiger partial charge in [-0.15, -0.1) is 0 Å². The lowest BCUT2D eigenvalue weighted by Gasteiger charge is -2.41. The first-order valence-electron chi connectivity index (χ1n) is 20.5. The number of ether oxygens (including phenoxy) is 4. The molecule has 5 N–H and O–H groups in total. The van der Waals surface area contributed by atoms with Crippen molar-refractivity contribution in [2.75, 3.05) is 43.9 Å². The third-order valence-electron chi connectivity index (χ3n) is 11.2. The zero-order chi connectivity index (χ0) is 39.5. The summed E-state index contributed by atoms with van der Waals surface area (Å²) >= 11 is 0. The number of nitrogens with zero attached hydrogens (tertiary/aromatic N) is 1. The van der Waals surface area contributed by atoms with Crippen LogP contribution < -0.4 is 16.4 Å². The Bertz CT molecular complexity index is 1920. The zero-order valence-electron chi connectivity index (χ0n) is 32.7. The summed E-state index contributed by atoms with van der Waals surface area (Å²) in [6, 6.07) is 31.8. The number of hydrogen-bond donors (Lipinski definition) is 4. The molecular weight excluding hydrogens is 721 g/mol. The van der Waals surface area contributed by atoms with Gasteiger partial charge in [-0.2, -0.15) is 0 Å². The van der Waals surface area contributed by atoms with Crippen molar-refractivity contribution < 1.29 is 33.6 Å². The molecule has 3 fully saturated rings. The van der Waals surface area contributed by atoms with Crippen LogP contribution in [0.2, 0.25) is 0 Å². The number of hydrogen-bond acceptors (Lipinski definition) is 9. The van der Waals surface area contributed by atoms with Gasteiger partial charge in [-0.25, -0.2) is 0 Å². The zero-order valence-corrected chi connectivity index (χ0v) is 32.7. The molecule has 57 heavy (non-hydrogen) atoms. The second-order valence-electron chi connectivity index (χ2n) is 15.4. The fourth-order valence-electron chi connectivity index (χ4n) is 7.95. The van der Waals surface area contributed by atoms with Gasteiger partial charge in [0.05, 0.1) is 43.4 Å². The maximum absolute atomic E-state index is 12.7. The van der Waals surface area contributed by atoms with Gasteiger partial charge in [0.15, 0.2) is 12.1 Å². The summed E-state index contributed by atoms with van der Waals surface area (Å²) in [7, 11) is 0. The number of nitrogen functional groups attached to an aromatic ring is 1. The molecule has 2 amide bonds. The molecule has 0 unspecified atom stereocenters. The number of nitrogens with two attached hydrogens (primary N) is 1. The number of carbonyl (C=O) groups excluding carboxylic acids is 2. The first kappa shape index (κ1) is 40.6. The SMILES string of the molecule is Nc1ccccc1NC(=O)CCCCCCC(=O)NCc1cccc(-c2cccc([C@@H]3O[C@H](CN4CCC5(CC4)OCCO5)C[C@H](c4ccc(CO)cc4)O3)c2)c1. The average Bonchev–Trinajstić information content (AvgIpc) is 3.71. The molecule has 3 aliphatic rings. The molecule has 0 saturated carbocycles. The molecule has 0 bridgehead atoms. The van der Waals surface area contributed by atoms with Crippen LogP contribution in [-0.2, 0) is 41.7 Å². The molecule has 4 aromatic carbocycles. The van der Waals surface area contributed by atoms with Gasteiger partial charge < -0.3 is 45.3 Å². The Labute approximate surface area is 335 Å². The molecular formula is C46H56N4O7. The Morgan fingerprint density at radius 3 is 2.19 bits per heavy atom. The number of anilines is 2. The second-order valence-corrected chi connectivity index (χ2v) is 15.4. The summed E-state index contributed by atoms with van der Waals surface area (Å²) < 4.78 is 25.3. The molecule has 3 saturated heterocycles. The van der Waals surface area contributed by atoms with E-state index in [9.17, 15) is 14.7 Å². The lowest BCUT2D eigenvalue weighted by molar-refractivity contribution is -0.255. The van der Waals surface area contributed by atoms with Gasteiger partial charge in [0.2, 0.25) is 11.8 Å². The molecule has 3 heterocycles. The highest BCUT2D eigenvalue weighted by atomic mass is 16.7. The first-order chi connectivity index (χ1) is 27.8. The van der Waals surface area contributed by atoms with Crippen LogP contribution in [0.4, 0.5) is 11.4 Å². The summed E-state index contributed by atoms with van der Waals surface area (Å²) in [5.41, 5.74) is 13.1. The number of rotatable bonds is 16. The molecule has 7 rings (SSSR count). The number of benzene rings is 4. The van der Waals surface area contributed by atoms with E-state index in [2.05, 4.69) is 45.9 Å². The standard InChI is InChI=1S/C46H56N4O7/c47-40-13-5-6-14-41(40)49-44(53)16-4-2-1-3-15-43(52)48-30-34-9-7-10-36(27-34)37-11-8-12-38(28-37)45-56-39(29-42(57-45)35-19-17-33(32-51)18-20-35)31-50-23-21-46(22-24-50)54-25-26-55-46/h5-14,17-20,27-28,39,42,45,51H,1-4,15-16,21-26,29-32,47H2,(H,48,52)(H,49,53)/t39-,42+,45+/m0/s1. The quantitative estimate of drug-likeness (QED) is 0.0676. The van der Waals surface area contributed by atoms with Crippen LogP contribution in [0.1, 0.15) is 92.4 Å². The van der Waals surface area contributed by atoms with Crippen molar-refractivity contribution >= 4 is 23.2 Å². The van der Waals surface area contributed by atoms with Crippen molar-refractivity contribution in [3.8, 4) is 11.1 Å². The van der Waals surface area contributed by atoms with Crippen LogP contribution in [-0.4, -0.2) is 66.6 Å². The van der Waals surface area contributed by atoms with Crippen molar-refractivity contribution in [3.05, 3.63) is 119 Å². The maximum Gasteiger partial charge on any atom is 0.224 e. The number of unbranched alkanes of at least 4 members (excludes halogenated alkanes) is 3. The van der Waals surface area contributed by atoms with E-state index in [1.165, 1.54) is 0 Å². The molecule has 11 nitrogen and oxygen atoms in total. The number of carbonyl (C=O) groups is 2. The topological polar surface area (TPSA) is 145 Å². The van der Waals surface area contributed by atoms with Gasteiger partial charge >= 0.3 is 0 Å². The Hall–Kier alpha value is -4.62. The minimum Gasteiger partial charge on any atom is -0.397 e. The molecule has 0 aromatic heterocycles. The van der Waals surface area contributed by atoms with Gasteiger partial charge in [0.25, 0.3) is 0 Å². The molecule has 3 aliphatic heterocycles. The molecule has 4 aromatic rings. The lowest BCUT2D eigenvalue weighted by atomic mass is 9.97. The summed E-state index contributed by atoms with van der Waals surface area (Å²) in [4.78, 5) is 27.4. The number of piperidine rings is 1. The van der Waals surface area contributed by atoms with E-state index < -0.39 is 12.1 Å². The van der Waals surface area contributed by atoms with Gasteiger partial charge in [0.1, 0.15) is 0 Å². The fourth-order valence-corrected chi connectivity index (χ4v) is 7.95. The molecule has 11 heteroatoms. The fraction of sp³-hybridized carbons (Fsp3) is 0.435. The number of para-hydroxylation sites is 2. The van der Waals surface area contributed by atoms with E-state index in [0.717, 1.165) is 98.0 Å². The van der Waals surface area contributed by atoms with E-state index in [1.54, 1.807) is 12.1 Å². The van der Waals surface area contributed by atoms with Crippen molar-refractivity contribution in [2.24, 2.45) is 0 Å². The van der Waals surface area contributed by atoms with Crippen molar-refractivity contribution in [1.29, 1.82) is 0 Å². The van der Waals surface area contributed by atoms with Crippen LogP contribution >= 0.6 is 0 Å². The van der Waals surface area contributed by atoms with Gasteiger partial charge in [0, 0.05) is 63.8 Å². The summed E-state index contributed by atoms with van der Waals surface area (Å²) in [5, 5.41) is 15.6. The average molecular weight is 777 g/mol. The van der Waals surface area contributed by atoms with Gasteiger partial charge in [-0.3, -0.25) is 9.59 Å². The number of likely N-dealkylation sites (tertiary alicyclic amines) is 1. The van der Waals surface area contributed by atoms with Gasteiger partial charge in [-0.1, -0.05) is 85.6 Å². The van der Waals surface area contributed by atoms with Gasteiger partial charge in [-0.05, 0) is 64.9 Å². The maximum atomic E-state index is 12.7. The molecule has 0 aliphatic carbocycles. The predicted octanol–water partition coefficient (Wildman–Crippen LogP) is 7.41. The van der Waals surface area contributed by atoms with Crippen LogP contribution in [0.15, 0.2) is 97.1 Å². The van der Waals surface area contributed by atoms with Crippen molar-refractivity contribution in [3.63, 3.8) is 0 Å². The number of nitrogens with one attached hydrogen (secondary N) is 2. The summed E-state index contributed by atoms with van der Waals surface area (Å²) in [6.07, 6.45) is 5.83. The Morgan fingerprint density at radius 1 is 0.754 bits per heavy atom. The third kappa shape index (κ3) is 11.3. The minimum absolute atomic E-state index is 0.00135. The molecule has 0 radical (unpaired) electrons. The summed E-state index contributed by atoms with van der Waals surface area (Å²) in [6.45, 7) is 4.35. The van der Waals surface area contributed by atoms with E-state index >= 15 is 0 Å². The Kier molecular flexibility index (Phi) is 14.0. The summed E-state index contributed by atoms with van der Waals surface area (Å²) in [5.74, 6) is -0.448. The predicted molar refractivity (Wildman–Crippen MR) is 220 cm³/mol. The number of aliphatic hydroxyl groups excluding tert-OH is 1. The van der Waals surface area contributed by atoms with Crippen LogP contribution in [0.3, 0.4) is 0 Å². The Balaban J connectivity index is 0.911. The second kappa shape index (κ2) is 19.7. The highest BCUT2D eigenvalue weighted by Crippen LogP contribution is 2.40. The van der Waals surface area contributed by atoms with E-state index in [0.29, 0.717) is 44.0 Å². The third-order valence-corrected chi connectivity index (χ3v) is 11.2. The lowest BCUT2D eigenvalue weighted by Crippen LogP contribution is -2.48. The smallest absolute Gasteiger partial charge is 0.224 e.